The Morgan fingerprint density at radius 2 is 1.87 bits per heavy atom. The van der Waals surface area contributed by atoms with Crippen LogP contribution in [0.1, 0.15) is 34.6 Å². The largest absolute Gasteiger partial charge is 0.492 e. The zero-order valence-electron chi connectivity index (χ0n) is 16.3. The minimum Gasteiger partial charge on any atom is -0.492 e. The molecule has 0 aliphatic carbocycles. The van der Waals surface area contributed by atoms with Crippen molar-refractivity contribution in [3.8, 4) is 23.3 Å². The van der Waals surface area contributed by atoms with Gasteiger partial charge in [-0.1, -0.05) is 30.0 Å². The quantitative estimate of drug-likeness (QED) is 0.496. The summed E-state index contributed by atoms with van der Waals surface area (Å²) in [6, 6.07) is 20.9. The monoisotopic (exact) mass is 399 g/mol. The van der Waals surface area contributed by atoms with Gasteiger partial charge in [-0.25, -0.2) is 0 Å². The van der Waals surface area contributed by atoms with Gasteiger partial charge in [-0.15, -0.1) is 0 Å². The standard InChI is InChI=1S/C25H21NO4/c26-21-8-6-17(7-9-21)4-5-18-2-1-3-19(12-18)15-29-22-10-11-23-20(13-25(27)28)16-30-24(23)14-22/h1-3,6-12,14,20H,13,15-16,26H2,(H,27,28). The number of nitrogens with two attached hydrogens (primary N) is 1. The van der Waals surface area contributed by atoms with Crippen LogP contribution in [0.5, 0.6) is 11.5 Å². The number of anilines is 1. The van der Waals surface area contributed by atoms with E-state index in [1.54, 1.807) is 0 Å². The van der Waals surface area contributed by atoms with Crippen LogP contribution in [-0.2, 0) is 11.4 Å². The topological polar surface area (TPSA) is 81.8 Å². The van der Waals surface area contributed by atoms with Gasteiger partial charge in [0.05, 0.1) is 13.0 Å². The molecule has 3 aromatic rings. The first-order valence-electron chi connectivity index (χ1n) is 9.65. The molecule has 1 heterocycles. The maximum Gasteiger partial charge on any atom is 0.304 e. The minimum absolute atomic E-state index is 0.0669. The molecule has 3 aromatic carbocycles. The number of ether oxygens (including phenoxy) is 2. The fourth-order valence-electron chi connectivity index (χ4n) is 3.34. The van der Waals surface area contributed by atoms with Gasteiger partial charge in [-0.2, -0.15) is 0 Å². The molecule has 0 saturated heterocycles. The first-order chi connectivity index (χ1) is 14.6. The van der Waals surface area contributed by atoms with E-state index in [0.717, 1.165) is 22.3 Å². The molecule has 1 aliphatic heterocycles. The molecule has 5 heteroatoms. The highest BCUT2D eigenvalue weighted by atomic mass is 16.5. The van der Waals surface area contributed by atoms with Crippen molar-refractivity contribution in [1.82, 2.24) is 0 Å². The molecule has 5 nitrogen and oxygen atoms in total. The molecule has 1 atom stereocenters. The van der Waals surface area contributed by atoms with Crippen molar-refractivity contribution in [3.05, 3.63) is 89.0 Å². The number of fused-ring (bicyclic) bond motifs is 1. The highest BCUT2D eigenvalue weighted by molar-refractivity contribution is 5.68. The van der Waals surface area contributed by atoms with Crippen LogP contribution >= 0.6 is 0 Å². The van der Waals surface area contributed by atoms with Crippen LogP contribution in [0.25, 0.3) is 0 Å². The second-order valence-electron chi connectivity index (χ2n) is 7.17. The summed E-state index contributed by atoms with van der Waals surface area (Å²) < 4.78 is 11.5. The molecule has 3 N–H and O–H groups in total. The lowest BCUT2D eigenvalue weighted by molar-refractivity contribution is -0.137. The van der Waals surface area contributed by atoms with Gasteiger partial charge in [-0.3, -0.25) is 4.79 Å². The average molecular weight is 399 g/mol. The molecule has 1 aliphatic rings. The SMILES string of the molecule is Nc1ccc(C#Cc2cccc(COc3ccc4c(c3)OCC4CC(=O)O)c2)cc1. The van der Waals surface area contributed by atoms with Crippen molar-refractivity contribution in [2.45, 2.75) is 18.9 Å². The molecule has 1 unspecified atom stereocenters. The lowest BCUT2D eigenvalue weighted by Gasteiger charge is -2.09. The molecule has 30 heavy (non-hydrogen) atoms. The summed E-state index contributed by atoms with van der Waals surface area (Å²) in [6.45, 7) is 0.786. The molecule has 150 valence electrons. The Balaban J connectivity index is 1.41. The summed E-state index contributed by atoms with van der Waals surface area (Å²) in [6.07, 6.45) is 0.0669. The van der Waals surface area contributed by atoms with Crippen molar-refractivity contribution >= 4 is 11.7 Å². The third-order valence-electron chi connectivity index (χ3n) is 4.88. The van der Waals surface area contributed by atoms with E-state index in [1.807, 2.05) is 66.7 Å². The first-order valence-corrected chi connectivity index (χ1v) is 9.65. The van der Waals surface area contributed by atoms with Gasteiger partial charge in [0.15, 0.2) is 0 Å². The second-order valence-corrected chi connectivity index (χ2v) is 7.17. The normalized spacial score (nSPS) is 14.2. The third-order valence-corrected chi connectivity index (χ3v) is 4.88. The van der Waals surface area contributed by atoms with Crippen LogP contribution in [-0.4, -0.2) is 17.7 Å². The van der Waals surface area contributed by atoms with Crippen molar-refractivity contribution < 1.29 is 19.4 Å². The molecule has 0 fully saturated rings. The summed E-state index contributed by atoms with van der Waals surface area (Å²) in [5.74, 6) is 6.74. The van der Waals surface area contributed by atoms with Crippen LogP contribution in [0, 0.1) is 11.8 Å². The van der Waals surface area contributed by atoms with E-state index >= 15 is 0 Å². The van der Waals surface area contributed by atoms with Crippen molar-refractivity contribution in [2.75, 3.05) is 12.3 Å². The van der Waals surface area contributed by atoms with Gasteiger partial charge in [0.1, 0.15) is 18.1 Å². The molecular formula is C25H21NO4. The van der Waals surface area contributed by atoms with Gasteiger partial charge in [0, 0.05) is 34.4 Å². The van der Waals surface area contributed by atoms with Crippen molar-refractivity contribution in [1.29, 1.82) is 0 Å². The summed E-state index contributed by atoms with van der Waals surface area (Å²) in [4.78, 5) is 11.0. The number of aliphatic carboxylic acids is 1. The fraction of sp³-hybridized carbons (Fsp3) is 0.160. The Morgan fingerprint density at radius 3 is 2.67 bits per heavy atom. The first kappa shape index (κ1) is 19.4. The minimum atomic E-state index is -0.823. The molecular weight excluding hydrogens is 378 g/mol. The Hall–Kier alpha value is -3.91. The van der Waals surface area contributed by atoms with Crippen LogP contribution < -0.4 is 15.2 Å². The lowest BCUT2D eigenvalue weighted by atomic mass is 9.98. The maximum absolute atomic E-state index is 11.0. The number of rotatable bonds is 5. The summed E-state index contributed by atoms with van der Waals surface area (Å²) in [5, 5.41) is 9.01. The highest BCUT2D eigenvalue weighted by Crippen LogP contribution is 2.38. The zero-order valence-corrected chi connectivity index (χ0v) is 16.3. The van der Waals surface area contributed by atoms with Gasteiger partial charge >= 0.3 is 5.97 Å². The van der Waals surface area contributed by atoms with Crippen LogP contribution in [0.2, 0.25) is 0 Å². The maximum atomic E-state index is 11.0. The van der Waals surface area contributed by atoms with Gasteiger partial charge in [-0.05, 0) is 48.0 Å². The molecule has 0 bridgehead atoms. The van der Waals surface area contributed by atoms with Gasteiger partial charge in [0.2, 0.25) is 0 Å². The number of benzene rings is 3. The molecule has 4 rings (SSSR count). The smallest absolute Gasteiger partial charge is 0.304 e. The van der Waals surface area contributed by atoms with E-state index in [1.165, 1.54) is 0 Å². The number of carboxylic acid groups (broad SMARTS) is 1. The third kappa shape index (κ3) is 4.73. The predicted octanol–water partition coefficient (Wildman–Crippen LogP) is 4.20. The Labute approximate surface area is 175 Å². The lowest BCUT2D eigenvalue weighted by Crippen LogP contribution is -2.07. The van der Waals surface area contributed by atoms with E-state index in [9.17, 15) is 4.79 Å². The number of carbonyl (C=O) groups is 1. The second kappa shape index (κ2) is 8.62. The van der Waals surface area contributed by atoms with E-state index < -0.39 is 5.97 Å². The van der Waals surface area contributed by atoms with Crippen molar-refractivity contribution in [3.63, 3.8) is 0 Å². The predicted molar refractivity (Wildman–Crippen MR) is 115 cm³/mol. The van der Waals surface area contributed by atoms with Gasteiger partial charge < -0.3 is 20.3 Å². The van der Waals surface area contributed by atoms with E-state index in [-0.39, 0.29) is 12.3 Å². The highest BCUT2D eigenvalue weighted by Gasteiger charge is 2.26. The van der Waals surface area contributed by atoms with E-state index in [0.29, 0.717) is 30.4 Å². The van der Waals surface area contributed by atoms with Crippen LogP contribution in [0.4, 0.5) is 5.69 Å². The molecule has 0 amide bonds. The van der Waals surface area contributed by atoms with E-state index in [4.69, 9.17) is 20.3 Å². The number of hydrogen-bond donors (Lipinski definition) is 2. The number of nitrogen functional groups attached to an aromatic ring is 1. The summed E-state index contributed by atoms with van der Waals surface area (Å²) >= 11 is 0. The molecule has 0 aromatic heterocycles. The molecule has 0 saturated carbocycles. The van der Waals surface area contributed by atoms with Gasteiger partial charge in [0.25, 0.3) is 0 Å². The number of carboxylic acids is 1. The fourth-order valence-corrected chi connectivity index (χ4v) is 3.34. The average Bonchev–Trinajstić information content (AvgIpc) is 3.13. The summed E-state index contributed by atoms with van der Waals surface area (Å²) in [5.41, 5.74) is 10.2. The Bertz CT molecular complexity index is 1130. The Kier molecular flexibility index (Phi) is 5.58. The van der Waals surface area contributed by atoms with Crippen LogP contribution in [0.3, 0.4) is 0 Å². The molecule has 0 spiro atoms. The number of hydrogen-bond acceptors (Lipinski definition) is 4. The van der Waals surface area contributed by atoms with E-state index in [2.05, 4.69) is 11.8 Å². The van der Waals surface area contributed by atoms with Crippen molar-refractivity contribution in [2.24, 2.45) is 0 Å². The zero-order chi connectivity index (χ0) is 20.9. The summed E-state index contributed by atoms with van der Waals surface area (Å²) in [7, 11) is 0. The van der Waals surface area contributed by atoms with Crippen LogP contribution in [0.15, 0.2) is 66.7 Å². The molecule has 0 radical (unpaired) electrons. The Morgan fingerprint density at radius 1 is 1.07 bits per heavy atom.